The molecule has 1 saturated heterocycles. The molecule has 5 nitrogen and oxygen atoms in total. The summed E-state index contributed by atoms with van der Waals surface area (Å²) < 4.78 is 5.85. The molecule has 2 aliphatic rings. The first-order chi connectivity index (χ1) is 11.7. The molecule has 1 aromatic carbocycles. The van der Waals surface area contributed by atoms with Crippen LogP contribution in [0.2, 0.25) is 0 Å². The van der Waals surface area contributed by atoms with Gasteiger partial charge in [0.25, 0.3) is 0 Å². The second kappa shape index (κ2) is 6.40. The van der Waals surface area contributed by atoms with Crippen LogP contribution in [0.4, 0.5) is 0 Å². The molecule has 4 rings (SSSR count). The number of aromatic amines is 1. The quantitative estimate of drug-likeness (QED) is 0.924. The van der Waals surface area contributed by atoms with Crippen LogP contribution < -0.4 is 0 Å². The van der Waals surface area contributed by atoms with Gasteiger partial charge in [-0.3, -0.25) is 4.79 Å². The standard InChI is InChI=1S/C19H23N3O2/c1-13-10-22(17(11-24-13)14-6-3-2-4-7-14)19(23)15-8-5-9-16-18(15)21-12-20-16/h2-4,6-7,12-13,15,17H,5,8-11H2,1H3,(H,20,21). The third-order valence-corrected chi connectivity index (χ3v) is 5.14. The van der Waals surface area contributed by atoms with Gasteiger partial charge in [0, 0.05) is 12.2 Å². The number of H-pyrrole nitrogens is 1. The smallest absolute Gasteiger partial charge is 0.232 e. The zero-order valence-corrected chi connectivity index (χ0v) is 13.9. The van der Waals surface area contributed by atoms with Gasteiger partial charge in [0.2, 0.25) is 5.91 Å². The Kier molecular flexibility index (Phi) is 4.10. The summed E-state index contributed by atoms with van der Waals surface area (Å²) in [7, 11) is 0. The van der Waals surface area contributed by atoms with E-state index in [-0.39, 0.29) is 24.0 Å². The van der Waals surface area contributed by atoms with Gasteiger partial charge in [-0.05, 0) is 31.7 Å². The summed E-state index contributed by atoms with van der Waals surface area (Å²) >= 11 is 0. The number of carbonyl (C=O) groups excluding carboxylic acids is 1. The topological polar surface area (TPSA) is 58.2 Å². The molecule has 1 N–H and O–H groups in total. The van der Waals surface area contributed by atoms with Crippen LogP contribution in [-0.4, -0.2) is 40.0 Å². The second-order valence-electron chi connectivity index (χ2n) is 6.77. The predicted octanol–water partition coefficient (Wildman–Crippen LogP) is 2.82. The van der Waals surface area contributed by atoms with Gasteiger partial charge in [0.05, 0.1) is 36.7 Å². The van der Waals surface area contributed by atoms with Crippen LogP contribution in [0.5, 0.6) is 0 Å². The number of imidazole rings is 1. The van der Waals surface area contributed by atoms with Crippen molar-refractivity contribution in [3.05, 3.63) is 53.6 Å². The van der Waals surface area contributed by atoms with Crippen molar-refractivity contribution in [1.82, 2.24) is 14.9 Å². The van der Waals surface area contributed by atoms with Crippen LogP contribution in [0.15, 0.2) is 36.7 Å². The first-order valence-electron chi connectivity index (χ1n) is 8.73. The fourth-order valence-corrected chi connectivity index (χ4v) is 3.89. The van der Waals surface area contributed by atoms with E-state index in [1.165, 1.54) is 0 Å². The van der Waals surface area contributed by atoms with Crippen molar-refractivity contribution in [3.8, 4) is 0 Å². The van der Waals surface area contributed by atoms with Gasteiger partial charge >= 0.3 is 0 Å². The Morgan fingerprint density at radius 3 is 3.00 bits per heavy atom. The minimum absolute atomic E-state index is 0.0146. The Labute approximate surface area is 142 Å². The molecule has 2 heterocycles. The zero-order chi connectivity index (χ0) is 16.5. The molecule has 5 heteroatoms. The number of benzene rings is 1. The number of nitrogens with zero attached hydrogens (tertiary/aromatic N) is 2. The number of hydrogen-bond donors (Lipinski definition) is 1. The van der Waals surface area contributed by atoms with Crippen molar-refractivity contribution < 1.29 is 9.53 Å². The highest BCUT2D eigenvalue weighted by Crippen LogP contribution is 2.35. The lowest BCUT2D eigenvalue weighted by atomic mass is 9.88. The van der Waals surface area contributed by atoms with Crippen molar-refractivity contribution in [3.63, 3.8) is 0 Å². The van der Waals surface area contributed by atoms with E-state index >= 15 is 0 Å². The molecule has 24 heavy (non-hydrogen) atoms. The lowest BCUT2D eigenvalue weighted by Gasteiger charge is -2.41. The third-order valence-electron chi connectivity index (χ3n) is 5.14. The van der Waals surface area contributed by atoms with Crippen molar-refractivity contribution in [2.45, 2.75) is 44.2 Å². The summed E-state index contributed by atoms with van der Waals surface area (Å²) in [5.74, 6) is 0.0589. The number of morpholine rings is 1. The number of aromatic nitrogens is 2. The predicted molar refractivity (Wildman–Crippen MR) is 90.6 cm³/mol. The number of rotatable bonds is 2. The number of carbonyl (C=O) groups is 1. The number of aryl methyl sites for hydroxylation is 1. The fourth-order valence-electron chi connectivity index (χ4n) is 3.89. The van der Waals surface area contributed by atoms with Gasteiger partial charge in [0.15, 0.2) is 0 Å². The van der Waals surface area contributed by atoms with Gasteiger partial charge in [0.1, 0.15) is 0 Å². The molecule has 3 atom stereocenters. The Hall–Kier alpha value is -2.14. The van der Waals surface area contributed by atoms with Gasteiger partial charge in [-0.1, -0.05) is 30.3 Å². The van der Waals surface area contributed by atoms with Gasteiger partial charge in [-0.15, -0.1) is 0 Å². The lowest BCUT2D eigenvalue weighted by Crippen LogP contribution is -2.48. The number of hydrogen-bond acceptors (Lipinski definition) is 3. The van der Waals surface area contributed by atoms with Crippen molar-refractivity contribution in [2.75, 3.05) is 13.2 Å². The minimum atomic E-state index is -0.128. The maximum Gasteiger partial charge on any atom is 0.232 e. The number of fused-ring (bicyclic) bond motifs is 1. The number of amides is 1. The fraction of sp³-hybridized carbons (Fsp3) is 0.474. The van der Waals surface area contributed by atoms with E-state index in [0.29, 0.717) is 13.2 Å². The molecule has 0 saturated carbocycles. The van der Waals surface area contributed by atoms with E-state index in [4.69, 9.17) is 4.74 Å². The molecular formula is C19H23N3O2. The van der Waals surface area contributed by atoms with Crippen molar-refractivity contribution in [1.29, 1.82) is 0 Å². The van der Waals surface area contributed by atoms with Crippen LogP contribution in [0.3, 0.4) is 0 Å². The summed E-state index contributed by atoms with van der Waals surface area (Å²) in [5.41, 5.74) is 3.20. The zero-order valence-electron chi connectivity index (χ0n) is 13.9. The Morgan fingerprint density at radius 1 is 1.33 bits per heavy atom. The summed E-state index contributed by atoms with van der Waals surface area (Å²) in [5, 5.41) is 0. The van der Waals surface area contributed by atoms with E-state index in [1.807, 2.05) is 30.0 Å². The molecule has 2 aromatic rings. The number of ether oxygens (including phenoxy) is 1. The lowest BCUT2D eigenvalue weighted by molar-refractivity contribution is -0.146. The van der Waals surface area contributed by atoms with Crippen LogP contribution in [-0.2, 0) is 16.0 Å². The molecule has 0 spiro atoms. The van der Waals surface area contributed by atoms with E-state index in [0.717, 1.165) is 36.2 Å². The number of nitrogens with one attached hydrogen (secondary N) is 1. The molecule has 1 aromatic heterocycles. The highest BCUT2D eigenvalue weighted by atomic mass is 16.5. The van der Waals surface area contributed by atoms with Gasteiger partial charge in [-0.25, -0.2) is 4.98 Å². The molecule has 126 valence electrons. The highest BCUT2D eigenvalue weighted by Gasteiger charge is 2.38. The Bertz CT molecular complexity index is 712. The van der Waals surface area contributed by atoms with Crippen LogP contribution in [0, 0.1) is 0 Å². The molecule has 1 fully saturated rings. The first-order valence-corrected chi connectivity index (χ1v) is 8.73. The summed E-state index contributed by atoms with van der Waals surface area (Å²) in [6.07, 6.45) is 4.68. The van der Waals surface area contributed by atoms with Crippen LogP contribution >= 0.6 is 0 Å². The summed E-state index contributed by atoms with van der Waals surface area (Å²) in [6.45, 7) is 3.22. The maximum atomic E-state index is 13.4. The summed E-state index contributed by atoms with van der Waals surface area (Å²) in [6, 6.07) is 10.2. The maximum absolute atomic E-state index is 13.4. The average molecular weight is 325 g/mol. The minimum Gasteiger partial charge on any atom is -0.374 e. The first kappa shape index (κ1) is 15.4. The molecule has 1 amide bonds. The second-order valence-corrected chi connectivity index (χ2v) is 6.77. The normalized spacial score (nSPS) is 26.9. The molecular weight excluding hydrogens is 302 g/mol. The van der Waals surface area contributed by atoms with E-state index in [9.17, 15) is 4.79 Å². The van der Waals surface area contributed by atoms with Crippen molar-refractivity contribution in [2.24, 2.45) is 0 Å². The van der Waals surface area contributed by atoms with Crippen LogP contribution in [0.1, 0.15) is 48.7 Å². The van der Waals surface area contributed by atoms with Gasteiger partial charge < -0.3 is 14.6 Å². The molecule has 1 aliphatic carbocycles. The third kappa shape index (κ3) is 2.73. The van der Waals surface area contributed by atoms with Crippen LogP contribution in [0.25, 0.3) is 0 Å². The van der Waals surface area contributed by atoms with E-state index in [2.05, 4.69) is 22.1 Å². The summed E-state index contributed by atoms with van der Waals surface area (Å²) in [4.78, 5) is 23.0. The van der Waals surface area contributed by atoms with E-state index < -0.39 is 0 Å². The molecule has 0 bridgehead atoms. The average Bonchev–Trinajstić information content (AvgIpc) is 3.10. The largest absolute Gasteiger partial charge is 0.374 e. The molecule has 1 aliphatic heterocycles. The van der Waals surface area contributed by atoms with E-state index in [1.54, 1.807) is 6.33 Å². The van der Waals surface area contributed by atoms with Gasteiger partial charge in [-0.2, -0.15) is 0 Å². The van der Waals surface area contributed by atoms with Crippen molar-refractivity contribution >= 4 is 5.91 Å². The molecule has 3 unspecified atom stereocenters. The Morgan fingerprint density at radius 2 is 2.17 bits per heavy atom. The molecule has 0 radical (unpaired) electrons. The highest BCUT2D eigenvalue weighted by molar-refractivity contribution is 5.84. The SMILES string of the molecule is CC1CN(C(=O)C2CCCc3[nH]cnc32)C(c2ccccc2)CO1. The Balaban J connectivity index is 1.64. The monoisotopic (exact) mass is 325 g/mol.